The van der Waals surface area contributed by atoms with Gasteiger partial charge in [0.2, 0.25) is 5.95 Å². The predicted molar refractivity (Wildman–Crippen MR) is 68.0 cm³/mol. The molecule has 1 aliphatic rings. The minimum Gasteiger partial charge on any atom is -0.465 e. The molecule has 1 saturated heterocycles. The van der Waals surface area contributed by atoms with E-state index in [0.29, 0.717) is 32.5 Å². The van der Waals surface area contributed by atoms with E-state index >= 15 is 0 Å². The largest absolute Gasteiger partial charge is 0.465 e. The maximum Gasteiger partial charge on any atom is 0.433 e. The summed E-state index contributed by atoms with van der Waals surface area (Å²) in [5.74, 6) is 0.248. The van der Waals surface area contributed by atoms with E-state index in [2.05, 4.69) is 15.3 Å². The molecule has 2 rings (SSSR count). The molecular weight excluding hydrogens is 289 g/mol. The van der Waals surface area contributed by atoms with Crippen LogP contribution in [0.4, 0.5) is 23.9 Å². The van der Waals surface area contributed by atoms with Crippen LogP contribution in [-0.2, 0) is 6.18 Å². The van der Waals surface area contributed by atoms with Crippen molar-refractivity contribution in [3.63, 3.8) is 0 Å². The molecule has 6 nitrogen and oxygen atoms in total. The molecule has 0 aliphatic carbocycles. The van der Waals surface area contributed by atoms with Crippen LogP contribution in [0.15, 0.2) is 12.3 Å². The monoisotopic (exact) mass is 304 g/mol. The molecule has 0 radical (unpaired) electrons. The fraction of sp³-hybridized carbons (Fsp3) is 0.583. The van der Waals surface area contributed by atoms with Crippen molar-refractivity contribution in [1.29, 1.82) is 0 Å². The average molecular weight is 304 g/mol. The number of halogens is 3. The summed E-state index contributed by atoms with van der Waals surface area (Å²) in [7, 11) is 0. The zero-order chi connectivity index (χ0) is 15.5. The van der Waals surface area contributed by atoms with Crippen molar-refractivity contribution in [3.05, 3.63) is 18.0 Å². The number of hydrogen-bond acceptors (Lipinski definition) is 4. The lowest BCUT2D eigenvalue weighted by atomic mass is 9.97. The molecule has 1 aliphatic heterocycles. The number of hydrogen-bond donors (Lipinski definition) is 2. The van der Waals surface area contributed by atoms with Crippen molar-refractivity contribution in [2.45, 2.75) is 19.0 Å². The third-order valence-corrected chi connectivity index (χ3v) is 3.37. The number of alkyl halides is 3. The Hall–Kier alpha value is -2.06. The van der Waals surface area contributed by atoms with E-state index in [1.165, 1.54) is 0 Å². The number of carbonyl (C=O) groups is 1. The summed E-state index contributed by atoms with van der Waals surface area (Å²) in [6, 6.07) is 0.840. The van der Waals surface area contributed by atoms with Crippen LogP contribution in [0.1, 0.15) is 18.5 Å². The molecule has 2 heterocycles. The number of amides is 1. The Kier molecular flexibility index (Phi) is 4.49. The highest BCUT2D eigenvalue weighted by Gasteiger charge is 2.33. The lowest BCUT2D eigenvalue weighted by Crippen LogP contribution is -2.39. The molecule has 0 aromatic carbocycles. The van der Waals surface area contributed by atoms with Crippen molar-refractivity contribution >= 4 is 12.0 Å². The lowest BCUT2D eigenvalue weighted by molar-refractivity contribution is -0.141. The molecule has 0 unspecified atom stereocenters. The summed E-state index contributed by atoms with van der Waals surface area (Å²) >= 11 is 0. The van der Waals surface area contributed by atoms with Crippen LogP contribution in [0, 0.1) is 5.92 Å². The molecule has 0 saturated carbocycles. The van der Waals surface area contributed by atoms with Gasteiger partial charge < -0.3 is 15.3 Å². The molecule has 1 aromatic rings. The Balaban J connectivity index is 1.95. The van der Waals surface area contributed by atoms with Gasteiger partial charge in [0.15, 0.2) is 0 Å². The number of nitrogens with zero attached hydrogens (tertiary/aromatic N) is 3. The molecule has 0 bridgehead atoms. The molecule has 21 heavy (non-hydrogen) atoms. The van der Waals surface area contributed by atoms with Crippen LogP contribution < -0.4 is 10.2 Å². The number of rotatable bonds is 3. The van der Waals surface area contributed by atoms with Gasteiger partial charge in [0.1, 0.15) is 5.69 Å². The number of anilines is 1. The summed E-state index contributed by atoms with van der Waals surface area (Å²) in [4.78, 5) is 19.5. The quantitative estimate of drug-likeness (QED) is 0.892. The molecule has 0 atom stereocenters. The topological polar surface area (TPSA) is 78.4 Å². The minimum absolute atomic E-state index is 0.0643. The number of piperidine rings is 1. The van der Waals surface area contributed by atoms with Crippen molar-refractivity contribution < 1.29 is 23.1 Å². The first-order chi connectivity index (χ1) is 9.86. The molecule has 9 heteroatoms. The highest BCUT2D eigenvalue weighted by molar-refractivity contribution is 5.64. The molecule has 2 N–H and O–H groups in total. The van der Waals surface area contributed by atoms with Gasteiger partial charge in [-0.15, -0.1) is 0 Å². The van der Waals surface area contributed by atoms with Crippen LogP contribution in [0.25, 0.3) is 0 Å². The van der Waals surface area contributed by atoms with Crippen LogP contribution >= 0.6 is 0 Å². The minimum atomic E-state index is -4.48. The Morgan fingerprint density at radius 1 is 1.43 bits per heavy atom. The number of nitrogens with one attached hydrogen (secondary N) is 1. The fourth-order valence-electron chi connectivity index (χ4n) is 2.23. The summed E-state index contributed by atoms with van der Waals surface area (Å²) in [5, 5.41) is 10.8. The van der Waals surface area contributed by atoms with Gasteiger partial charge in [-0.3, -0.25) is 0 Å². The third kappa shape index (κ3) is 4.20. The molecule has 1 amide bonds. The Morgan fingerprint density at radius 2 is 2.10 bits per heavy atom. The highest BCUT2D eigenvalue weighted by atomic mass is 19.4. The van der Waals surface area contributed by atoms with E-state index in [0.717, 1.165) is 12.3 Å². The first-order valence-electron chi connectivity index (χ1n) is 6.48. The van der Waals surface area contributed by atoms with Crippen molar-refractivity contribution in [2.24, 2.45) is 5.92 Å². The van der Waals surface area contributed by atoms with Crippen LogP contribution in [0.3, 0.4) is 0 Å². The second-order valence-electron chi connectivity index (χ2n) is 4.86. The Morgan fingerprint density at radius 3 is 2.67 bits per heavy atom. The van der Waals surface area contributed by atoms with Gasteiger partial charge in [-0.05, 0) is 24.8 Å². The maximum absolute atomic E-state index is 12.6. The number of aromatic nitrogens is 2. The highest BCUT2D eigenvalue weighted by Crippen LogP contribution is 2.29. The molecule has 0 spiro atoms. The SMILES string of the molecule is O=C(O)NCC1CCN(c2nccc(C(F)(F)F)n2)CC1. The van der Waals surface area contributed by atoms with E-state index in [1.54, 1.807) is 4.90 Å². The van der Waals surface area contributed by atoms with E-state index < -0.39 is 18.0 Å². The van der Waals surface area contributed by atoms with Gasteiger partial charge in [-0.25, -0.2) is 14.8 Å². The molecule has 116 valence electrons. The van der Waals surface area contributed by atoms with Gasteiger partial charge in [0, 0.05) is 25.8 Å². The van der Waals surface area contributed by atoms with Gasteiger partial charge in [0.25, 0.3) is 0 Å². The summed E-state index contributed by atoms with van der Waals surface area (Å²) < 4.78 is 37.8. The normalized spacial score (nSPS) is 16.8. The van der Waals surface area contributed by atoms with E-state index in [1.807, 2.05) is 0 Å². The first kappa shape index (κ1) is 15.3. The van der Waals surface area contributed by atoms with Crippen molar-refractivity contribution in [3.8, 4) is 0 Å². The van der Waals surface area contributed by atoms with E-state index in [9.17, 15) is 18.0 Å². The van der Waals surface area contributed by atoms with Crippen molar-refractivity contribution in [1.82, 2.24) is 15.3 Å². The van der Waals surface area contributed by atoms with Gasteiger partial charge >= 0.3 is 12.3 Å². The second kappa shape index (κ2) is 6.15. The van der Waals surface area contributed by atoms with Crippen LogP contribution in [0.5, 0.6) is 0 Å². The van der Waals surface area contributed by atoms with Gasteiger partial charge in [0.05, 0.1) is 0 Å². The molecular formula is C12H15F3N4O2. The third-order valence-electron chi connectivity index (χ3n) is 3.37. The standard InChI is InChI=1S/C12H15F3N4O2/c13-12(14,15)9-1-4-16-10(18-9)19-5-2-8(3-6-19)7-17-11(20)21/h1,4,8,17H,2-3,5-7H2,(H,20,21). The van der Waals surface area contributed by atoms with Crippen LogP contribution in [0.2, 0.25) is 0 Å². The zero-order valence-corrected chi connectivity index (χ0v) is 11.1. The van der Waals surface area contributed by atoms with Gasteiger partial charge in [-0.1, -0.05) is 0 Å². The first-order valence-corrected chi connectivity index (χ1v) is 6.48. The Bertz CT molecular complexity index is 502. The van der Waals surface area contributed by atoms with E-state index in [-0.39, 0.29) is 11.9 Å². The molecule has 1 fully saturated rings. The average Bonchev–Trinajstić information content (AvgIpc) is 2.45. The maximum atomic E-state index is 12.6. The van der Waals surface area contributed by atoms with Crippen LogP contribution in [-0.4, -0.2) is 40.8 Å². The predicted octanol–water partition coefficient (Wildman–Crippen LogP) is 1.98. The summed E-state index contributed by atoms with van der Waals surface area (Å²) in [6.07, 6.45) is -3.09. The lowest BCUT2D eigenvalue weighted by Gasteiger charge is -2.32. The summed E-state index contributed by atoms with van der Waals surface area (Å²) in [5.41, 5.74) is -0.956. The fourth-order valence-corrected chi connectivity index (χ4v) is 2.23. The van der Waals surface area contributed by atoms with E-state index in [4.69, 9.17) is 5.11 Å². The number of carboxylic acid groups (broad SMARTS) is 1. The second-order valence-corrected chi connectivity index (χ2v) is 4.86. The zero-order valence-electron chi connectivity index (χ0n) is 11.1. The molecule has 1 aromatic heterocycles. The smallest absolute Gasteiger partial charge is 0.433 e. The summed E-state index contributed by atoms with van der Waals surface area (Å²) in [6.45, 7) is 1.37. The van der Waals surface area contributed by atoms with Gasteiger partial charge in [-0.2, -0.15) is 13.2 Å². The van der Waals surface area contributed by atoms with Crippen molar-refractivity contribution in [2.75, 3.05) is 24.5 Å². The Labute approximate surface area is 119 Å².